The van der Waals surface area contributed by atoms with Crippen molar-refractivity contribution in [3.05, 3.63) is 72.9 Å². The van der Waals surface area contributed by atoms with Crippen LogP contribution in [0, 0.1) is 0 Å². The van der Waals surface area contributed by atoms with Crippen molar-refractivity contribution in [1.82, 2.24) is 0 Å². The van der Waals surface area contributed by atoms with Gasteiger partial charge in [0.1, 0.15) is 6.10 Å². The van der Waals surface area contributed by atoms with Crippen LogP contribution >= 0.6 is 0 Å². The van der Waals surface area contributed by atoms with Gasteiger partial charge in [-0.15, -0.1) is 0 Å². The Morgan fingerprint density at radius 3 is 1.45 bits per heavy atom. The van der Waals surface area contributed by atoms with Crippen molar-refractivity contribution >= 4 is 5.97 Å². The Morgan fingerprint density at radius 1 is 0.532 bits per heavy atom. The Balaban J connectivity index is 3.51. The zero-order valence-electron chi connectivity index (χ0n) is 30.8. The Labute approximate surface area is 291 Å². The Morgan fingerprint density at radius 2 is 0.957 bits per heavy atom. The summed E-state index contributed by atoms with van der Waals surface area (Å²) in [5.74, 6) is -0.283. The van der Waals surface area contributed by atoms with Gasteiger partial charge in [-0.25, -0.2) is 0 Å². The molecule has 0 aromatic rings. The lowest BCUT2D eigenvalue weighted by atomic mass is 10.1. The number of hydrogen-bond acceptors (Lipinski definition) is 4. The summed E-state index contributed by atoms with van der Waals surface area (Å²) >= 11 is 0. The summed E-state index contributed by atoms with van der Waals surface area (Å²) in [6.07, 6.45) is 54.0. The van der Waals surface area contributed by atoms with Gasteiger partial charge in [0.2, 0.25) is 0 Å². The van der Waals surface area contributed by atoms with Crippen LogP contribution in [0.3, 0.4) is 0 Å². The summed E-state index contributed by atoms with van der Waals surface area (Å²) in [6, 6.07) is 0. The van der Waals surface area contributed by atoms with Crippen LogP contribution in [0.2, 0.25) is 0 Å². The van der Waals surface area contributed by atoms with Crippen LogP contribution in [0.4, 0.5) is 0 Å². The number of esters is 1. The molecule has 47 heavy (non-hydrogen) atoms. The van der Waals surface area contributed by atoms with Gasteiger partial charge in [0.15, 0.2) is 0 Å². The number of ether oxygens (including phenoxy) is 2. The molecule has 4 nitrogen and oxygen atoms in total. The highest BCUT2D eigenvalue weighted by molar-refractivity contribution is 5.69. The number of unbranched alkanes of at least 4 members (excludes halogenated alkanes) is 15. The normalized spacial score (nSPS) is 13.2. The zero-order valence-corrected chi connectivity index (χ0v) is 30.8. The average Bonchev–Trinajstić information content (AvgIpc) is 3.08. The number of hydrogen-bond donors (Lipinski definition) is 1. The highest BCUT2D eigenvalue weighted by Crippen LogP contribution is 2.12. The highest BCUT2D eigenvalue weighted by Gasteiger charge is 2.13. The Hall–Kier alpha value is -2.17. The van der Waals surface area contributed by atoms with Crippen LogP contribution in [0.25, 0.3) is 0 Å². The fraction of sp³-hybridized carbons (Fsp3) is 0.698. The molecule has 0 heterocycles. The van der Waals surface area contributed by atoms with Crippen molar-refractivity contribution < 1.29 is 19.4 Å². The minimum Gasteiger partial charge on any atom is -0.457 e. The van der Waals surface area contributed by atoms with E-state index in [9.17, 15) is 9.90 Å². The van der Waals surface area contributed by atoms with Gasteiger partial charge in [0.05, 0.1) is 13.2 Å². The van der Waals surface area contributed by atoms with Crippen LogP contribution in [0.1, 0.15) is 168 Å². The number of aliphatic hydroxyl groups excluding tert-OH is 1. The first-order valence-electron chi connectivity index (χ1n) is 19.5. The molecule has 0 aliphatic rings. The number of rotatable bonds is 35. The molecule has 270 valence electrons. The molecule has 0 spiro atoms. The Bertz CT molecular complexity index is 820. The summed E-state index contributed by atoms with van der Waals surface area (Å²) in [4.78, 5) is 12.1. The molecule has 0 saturated carbocycles. The van der Waals surface area contributed by atoms with E-state index in [0.717, 1.165) is 38.5 Å². The minimum atomic E-state index is -0.576. The summed E-state index contributed by atoms with van der Waals surface area (Å²) in [5, 5.41) is 9.55. The SMILES string of the molecule is CC/C=C\C/C=C\C/C=C\C/C=C\CCC(=O)OC(CO)COCCCCCCCCCCCC/C=C\C/C=C\CCCCCCC. The monoisotopic (exact) mass is 655 g/mol. The van der Waals surface area contributed by atoms with E-state index in [0.29, 0.717) is 19.4 Å². The maximum atomic E-state index is 12.1. The van der Waals surface area contributed by atoms with Crippen molar-refractivity contribution in [2.24, 2.45) is 0 Å². The van der Waals surface area contributed by atoms with Gasteiger partial charge in [-0.2, -0.15) is 0 Å². The van der Waals surface area contributed by atoms with Gasteiger partial charge in [-0.1, -0.05) is 164 Å². The lowest BCUT2D eigenvalue weighted by Crippen LogP contribution is -2.27. The number of carbonyl (C=O) groups excluding carboxylic acids is 1. The zero-order chi connectivity index (χ0) is 34.1. The molecule has 1 atom stereocenters. The van der Waals surface area contributed by atoms with Crippen molar-refractivity contribution in [2.45, 2.75) is 174 Å². The fourth-order valence-electron chi connectivity index (χ4n) is 5.14. The second-order valence-electron chi connectivity index (χ2n) is 12.6. The summed E-state index contributed by atoms with van der Waals surface area (Å²) < 4.78 is 11.1. The lowest BCUT2D eigenvalue weighted by molar-refractivity contribution is -0.154. The topological polar surface area (TPSA) is 55.8 Å². The van der Waals surface area contributed by atoms with Crippen molar-refractivity contribution in [3.8, 4) is 0 Å². The average molecular weight is 655 g/mol. The van der Waals surface area contributed by atoms with Gasteiger partial charge < -0.3 is 14.6 Å². The first-order chi connectivity index (χ1) is 23.2. The van der Waals surface area contributed by atoms with Gasteiger partial charge >= 0.3 is 5.97 Å². The second kappa shape index (κ2) is 40.0. The third kappa shape index (κ3) is 38.2. The molecule has 0 radical (unpaired) electrons. The van der Waals surface area contributed by atoms with Gasteiger partial charge in [0, 0.05) is 13.0 Å². The minimum absolute atomic E-state index is 0.205. The first-order valence-corrected chi connectivity index (χ1v) is 19.5. The number of carbonyl (C=O) groups is 1. The summed E-state index contributed by atoms with van der Waals surface area (Å²) in [6.45, 7) is 5.12. The standard InChI is InChI=1S/C43H74O4/c1-3-5-7-9-11-13-15-17-18-19-20-21-22-23-24-25-27-29-31-33-35-37-39-46-41-42(40-44)47-43(45)38-36-34-32-30-28-26-16-14-12-10-8-6-4-2/h6,8,12,14-15,17,19-20,26,28,32,34,42,44H,3-5,7,9-11,13,16,18,21-25,27,29-31,33,35-41H2,1-2H3/b8-6-,14-12-,17-15-,20-19-,28-26-,34-32-. The molecule has 0 rings (SSSR count). The smallest absolute Gasteiger partial charge is 0.306 e. The van der Waals surface area contributed by atoms with Crippen LogP contribution in [-0.2, 0) is 14.3 Å². The molecule has 0 bridgehead atoms. The van der Waals surface area contributed by atoms with Crippen molar-refractivity contribution in [2.75, 3.05) is 19.8 Å². The Kier molecular flexibility index (Phi) is 38.2. The van der Waals surface area contributed by atoms with Crippen LogP contribution < -0.4 is 0 Å². The van der Waals surface area contributed by atoms with E-state index in [1.165, 1.54) is 103 Å². The molecule has 1 unspecified atom stereocenters. The molecular formula is C43H74O4. The molecule has 0 aromatic carbocycles. The molecule has 0 aliphatic heterocycles. The van der Waals surface area contributed by atoms with E-state index >= 15 is 0 Å². The fourth-order valence-corrected chi connectivity index (χ4v) is 5.14. The lowest BCUT2D eigenvalue weighted by Gasteiger charge is -2.15. The van der Waals surface area contributed by atoms with Gasteiger partial charge in [-0.05, 0) is 70.6 Å². The van der Waals surface area contributed by atoms with E-state index in [4.69, 9.17) is 9.47 Å². The van der Waals surface area contributed by atoms with Crippen molar-refractivity contribution in [1.29, 1.82) is 0 Å². The molecule has 0 amide bonds. The third-order valence-electron chi connectivity index (χ3n) is 8.03. The molecule has 0 saturated heterocycles. The van der Waals surface area contributed by atoms with E-state index in [-0.39, 0.29) is 19.2 Å². The highest BCUT2D eigenvalue weighted by atomic mass is 16.6. The summed E-state index contributed by atoms with van der Waals surface area (Å²) in [5.41, 5.74) is 0. The number of aliphatic hydroxyl groups is 1. The molecule has 1 N–H and O–H groups in total. The van der Waals surface area contributed by atoms with Gasteiger partial charge in [0.25, 0.3) is 0 Å². The molecular weight excluding hydrogens is 580 g/mol. The maximum Gasteiger partial charge on any atom is 0.306 e. The van der Waals surface area contributed by atoms with E-state index in [1.807, 2.05) is 6.08 Å². The third-order valence-corrected chi connectivity index (χ3v) is 8.03. The van der Waals surface area contributed by atoms with Crippen LogP contribution in [0.15, 0.2) is 72.9 Å². The molecule has 0 aromatic heterocycles. The van der Waals surface area contributed by atoms with E-state index < -0.39 is 6.10 Å². The molecule has 4 heteroatoms. The first kappa shape index (κ1) is 44.8. The van der Waals surface area contributed by atoms with Gasteiger partial charge in [-0.3, -0.25) is 4.79 Å². The molecule has 0 fully saturated rings. The number of allylic oxidation sites excluding steroid dienone is 12. The summed E-state index contributed by atoms with van der Waals surface area (Å²) in [7, 11) is 0. The van der Waals surface area contributed by atoms with Crippen LogP contribution in [0.5, 0.6) is 0 Å². The van der Waals surface area contributed by atoms with E-state index in [1.54, 1.807) is 0 Å². The predicted octanol–water partition coefficient (Wildman–Crippen LogP) is 12.6. The predicted molar refractivity (Wildman–Crippen MR) is 205 cm³/mol. The second-order valence-corrected chi connectivity index (χ2v) is 12.6. The van der Waals surface area contributed by atoms with E-state index in [2.05, 4.69) is 80.7 Å². The van der Waals surface area contributed by atoms with Crippen LogP contribution in [-0.4, -0.2) is 37.0 Å². The largest absolute Gasteiger partial charge is 0.457 e. The molecule has 0 aliphatic carbocycles. The quantitative estimate of drug-likeness (QED) is 0.0420. The van der Waals surface area contributed by atoms with Crippen molar-refractivity contribution in [3.63, 3.8) is 0 Å². The maximum absolute atomic E-state index is 12.1.